The molecule has 2 aliphatic heterocycles. The standard InChI is InChI=1S/C13H27N3O/c1-17-11-12(14)9-15-8-5-13(10-15)16-6-3-2-4-7-16/h12-13H,2-11,14H2,1H3. The van der Waals surface area contributed by atoms with Gasteiger partial charge in [-0.3, -0.25) is 4.90 Å². The largest absolute Gasteiger partial charge is 0.383 e. The van der Waals surface area contributed by atoms with Crippen molar-refractivity contribution in [2.24, 2.45) is 5.73 Å². The maximum absolute atomic E-state index is 6.01. The molecule has 2 saturated heterocycles. The summed E-state index contributed by atoms with van der Waals surface area (Å²) in [4.78, 5) is 5.19. The molecule has 0 aliphatic carbocycles. The summed E-state index contributed by atoms with van der Waals surface area (Å²) in [6.07, 6.45) is 5.52. The lowest BCUT2D eigenvalue weighted by Crippen LogP contribution is -2.43. The molecule has 4 heteroatoms. The van der Waals surface area contributed by atoms with Crippen LogP contribution in [0.2, 0.25) is 0 Å². The molecule has 2 unspecified atom stereocenters. The third-order valence-electron chi connectivity index (χ3n) is 4.03. The van der Waals surface area contributed by atoms with Crippen LogP contribution in [0.25, 0.3) is 0 Å². The van der Waals surface area contributed by atoms with Crippen LogP contribution in [0, 0.1) is 0 Å². The number of nitrogens with zero attached hydrogens (tertiary/aromatic N) is 2. The molecular weight excluding hydrogens is 214 g/mol. The highest BCUT2D eigenvalue weighted by Crippen LogP contribution is 2.20. The summed E-state index contributed by atoms with van der Waals surface area (Å²) >= 11 is 0. The van der Waals surface area contributed by atoms with Crippen molar-refractivity contribution in [1.82, 2.24) is 9.80 Å². The second-order valence-electron chi connectivity index (χ2n) is 5.51. The molecule has 100 valence electrons. The Kier molecular flexibility index (Phi) is 5.22. The second kappa shape index (κ2) is 6.69. The fraction of sp³-hybridized carbons (Fsp3) is 1.00. The molecule has 17 heavy (non-hydrogen) atoms. The first kappa shape index (κ1) is 13.3. The van der Waals surface area contributed by atoms with Gasteiger partial charge in [-0.1, -0.05) is 6.42 Å². The van der Waals surface area contributed by atoms with Crippen molar-refractivity contribution in [2.75, 3.05) is 46.4 Å². The zero-order valence-electron chi connectivity index (χ0n) is 11.1. The Bertz CT molecular complexity index is 219. The van der Waals surface area contributed by atoms with E-state index < -0.39 is 0 Å². The van der Waals surface area contributed by atoms with Gasteiger partial charge in [0, 0.05) is 32.3 Å². The Balaban J connectivity index is 1.71. The van der Waals surface area contributed by atoms with Gasteiger partial charge in [0.1, 0.15) is 0 Å². The summed E-state index contributed by atoms with van der Waals surface area (Å²) in [6.45, 7) is 6.68. The Hall–Kier alpha value is -0.160. The SMILES string of the molecule is COCC(N)CN1CCC(N2CCCCC2)C1. The van der Waals surface area contributed by atoms with Gasteiger partial charge >= 0.3 is 0 Å². The van der Waals surface area contributed by atoms with Gasteiger partial charge < -0.3 is 15.4 Å². The molecule has 0 bridgehead atoms. The van der Waals surface area contributed by atoms with E-state index in [1.807, 2.05) is 0 Å². The third-order valence-corrected chi connectivity index (χ3v) is 4.03. The van der Waals surface area contributed by atoms with Crippen LogP contribution in [0.15, 0.2) is 0 Å². The van der Waals surface area contributed by atoms with Gasteiger partial charge in [0.2, 0.25) is 0 Å². The lowest BCUT2D eigenvalue weighted by molar-refractivity contribution is 0.145. The van der Waals surface area contributed by atoms with Gasteiger partial charge in [-0.05, 0) is 38.9 Å². The first-order valence-corrected chi connectivity index (χ1v) is 7.00. The number of nitrogens with two attached hydrogens (primary N) is 1. The number of ether oxygens (including phenoxy) is 1. The van der Waals surface area contributed by atoms with Crippen LogP contribution in [0.1, 0.15) is 25.7 Å². The molecule has 2 rings (SSSR count). The minimum absolute atomic E-state index is 0.167. The van der Waals surface area contributed by atoms with Gasteiger partial charge in [-0.15, -0.1) is 0 Å². The first-order valence-electron chi connectivity index (χ1n) is 7.00. The maximum atomic E-state index is 6.01. The second-order valence-corrected chi connectivity index (χ2v) is 5.51. The van der Waals surface area contributed by atoms with E-state index in [-0.39, 0.29) is 6.04 Å². The summed E-state index contributed by atoms with van der Waals surface area (Å²) in [6, 6.07) is 0.949. The van der Waals surface area contributed by atoms with Gasteiger partial charge in [-0.25, -0.2) is 0 Å². The first-order chi connectivity index (χ1) is 8.29. The van der Waals surface area contributed by atoms with E-state index in [1.165, 1.54) is 51.9 Å². The third kappa shape index (κ3) is 3.91. The van der Waals surface area contributed by atoms with Crippen molar-refractivity contribution in [2.45, 2.75) is 37.8 Å². The lowest BCUT2D eigenvalue weighted by atomic mass is 10.1. The zero-order valence-corrected chi connectivity index (χ0v) is 11.1. The van der Waals surface area contributed by atoms with E-state index in [4.69, 9.17) is 10.5 Å². The van der Waals surface area contributed by atoms with Crippen molar-refractivity contribution in [3.63, 3.8) is 0 Å². The number of hydrogen-bond donors (Lipinski definition) is 1. The predicted molar refractivity (Wildman–Crippen MR) is 70.1 cm³/mol. The average Bonchev–Trinajstić information content (AvgIpc) is 2.79. The van der Waals surface area contributed by atoms with Crippen molar-refractivity contribution in [3.8, 4) is 0 Å². The molecule has 0 saturated carbocycles. The van der Waals surface area contributed by atoms with Crippen LogP contribution in [-0.4, -0.2) is 68.3 Å². The fourth-order valence-electron chi connectivity index (χ4n) is 3.16. The average molecular weight is 241 g/mol. The molecule has 0 radical (unpaired) electrons. The Morgan fingerprint density at radius 1 is 1.24 bits per heavy atom. The van der Waals surface area contributed by atoms with Crippen molar-refractivity contribution < 1.29 is 4.74 Å². The van der Waals surface area contributed by atoms with E-state index in [0.717, 1.165) is 12.6 Å². The van der Waals surface area contributed by atoms with Crippen LogP contribution in [0.5, 0.6) is 0 Å². The number of hydrogen-bond acceptors (Lipinski definition) is 4. The van der Waals surface area contributed by atoms with E-state index in [2.05, 4.69) is 9.80 Å². The molecule has 2 aliphatic rings. The molecule has 2 N–H and O–H groups in total. The molecule has 0 amide bonds. The van der Waals surface area contributed by atoms with Crippen LogP contribution < -0.4 is 5.73 Å². The van der Waals surface area contributed by atoms with E-state index in [1.54, 1.807) is 7.11 Å². The minimum atomic E-state index is 0.167. The zero-order chi connectivity index (χ0) is 12.1. The summed E-state index contributed by atoms with van der Waals surface area (Å²) in [7, 11) is 1.72. The van der Waals surface area contributed by atoms with Gasteiger partial charge in [0.05, 0.1) is 6.61 Å². The van der Waals surface area contributed by atoms with Gasteiger partial charge in [0.25, 0.3) is 0 Å². The highest BCUT2D eigenvalue weighted by molar-refractivity contribution is 4.86. The fourth-order valence-corrected chi connectivity index (χ4v) is 3.16. The number of piperidine rings is 1. The molecule has 2 atom stereocenters. The lowest BCUT2D eigenvalue weighted by Gasteiger charge is -2.32. The topological polar surface area (TPSA) is 41.7 Å². The normalized spacial score (nSPS) is 29.6. The maximum Gasteiger partial charge on any atom is 0.0626 e. The summed E-state index contributed by atoms with van der Waals surface area (Å²) in [5, 5.41) is 0. The van der Waals surface area contributed by atoms with Crippen LogP contribution >= 0.6 is 0 Å². The Labute approximate surface area is 105 Å². The Morgan fingerprint density at radius 3 is 2.71 bits per heavy atom. The molecular formula is C13H27N3O. The van der Waals surface area contributed by atoms with E-state index in [9.17, 15) is 0 Å². The number of rotatable bonds is 5. The predicted octanol–water partition coefficient (Wildman–Crippen LogP) is 0.520. The molecule has 0 spiro atoms. The number of likely N-dealkylation sites (tertiary alicyclic amines) is 2. The van der Waals surface area contributed by atoms with Gasteiger partial charge in [-0.2, -0.15) is 0 Å². The monoisotopic (exact) mass is 241 g/mol. The summed E-state index contributed by atoms with van der Waals surface area (Å²) in [5.74, 6) is 0. The highest BCUT2D eigenvalue weighted by Gasteiger charge is 2.28. The van der Waals surface area contributed by atoms with Gasteiger partial charge in [0.15, 0.2) is 0 Å². The van der Waals surface area contributed by atoms with Crippen LogP contribution in [0.3, 0.4) is 0 Å². The minimum Gasteiger partial charge on any atom is -0.383 e. The van der Waals surface area contributed by atoms with E-state index >= 15 is 0 Å². The molecule has 0 aromatic rings. The highest BCUT2D eigenvalue weighted by atomic mass is 16.5. The summed E-state index contributed by atoms with van der Waals surface area (Å²) in [5.41, 5.74) is 6.01. The Morgan fingerprint density at radius 2 is 2.00 bits per heavy atom. The molecule has 2 heterocycles. The molecule has 4 nitrogen and oxygen atoms in total. The number of methoxy groups -OCH3 is 1. The van der Waals surface area contributed by atoms with Crippen molar-refractivity contribution in [1.29, 1.82) is 0 Å². The van der Waals surface area contributed by atoms with Crippen LogP contribution in [0.4, 0.5) is 0 Å². The molecule has 0 aromatic heterocycles. The van der Waals surface area contributed by atoms with Crippen molar-refractivity contribution in [3.05, 3.63) is 0 Å². The smallest absolute Gasteiger partial charge is 0.0626 e. The van der Waals surface area contributed by atoms with Crippen molar-refractivity contribution >= 4 is 0 Å². The molecule has 0 aromatic carbocycles. The van der Waals surface area contributed by atoms with Crippen LogP contribution in [-0.2, 0) is 4.74 Å². The summed E-state index contributed by atoms with van der Waals surface area (Å²) < 4.78 is 5.09. The van der Waals surface area contributed by atoms with E-state index in [0.29, 0.717) is 6.61 Å². The molecule has 2 fully saturated rings. The quantitative estimate of drug-likeness (QED) is 0.762.